The van der Waals surface area contributed by atoms with E-state index in [9.17, 15) is 5.11 Å². The van der Waals surface area contributed by atoms with Crippen molar-refractivity contribution >= 4 is 5.82 Å². The van der Waals surface area contributed by atoms with E-state index in [2.05, 4.69) is 27.4 Å². The Hall–Kier alpha value is -1.98. The molecule has 5 nitrogen and oxygen atoms in total. The van der Waals surface area contributed by atoms with Crippen LogP contribution in [0.3, 0.4) is 0 Å². The van der Waals surface area contributed by atoms with Gasteiger partial charge in [-0.15, -0.1) is 0 Å². The van der Waals surface area contributed by atoms with E-state index in [1.165, 1.54) is 12.0 Å². The van der Waals surface area contributed by atoms with Gasteiger partial charge in [-0.3, -0.25) is 0 Å². The van der Waals surface area contributed by atoms with E-state index in [1.807, 2.05) is 24.3 Å². The summed E-state index contributed by atoms with van der Waals surface area (Å²) in [6.45, 7) is 0.651. The topological polar surface area (TPSA) is 67.3 Å². The number of aliphatic hydroxyl groups is 1. The summed E-state index contributed by atoms with van der Waals surface area (Å²) in [5, 5.41) is 13.0. The van der Waals surface area contributed by atoms with E-state index >= 15 is 0 Å². The molecule has 2 aliphatic rings. The summed E-state index contributed by atoms with van der Waals surface area (Å²) in [6, 6.07) is 12.6. The zero-order valence-corrected chi connectivity index (χ0v) is 14.3. The largest absolute Gasteiger partial charge is 0.393 e. The van der Waals surface area contributed by atoms with Crippen LogP contribution in [0.5, 0.6) is 0 Å². The molecule has 2 atom stereocenters. The molecule has 2 saturated carbocycles. The van der Waals surface area contributed by atoms with Crippen LogP contribution in [0.25, 0.3) is 0 Å². The lowest BCUT2D eigenvalue weighted by molar-refractivity contribution is 0.0394. The second-order valence-corrected chi connectivity index (χ2v) is 7.17. The monoisotopic (exact) mass is 339 g/mol. The Morgan fingerprint density at radius 1 is 1.12 bits per heavy atom. The third-order valence-electron chi connectivity index (χ3n) is 5.31. The Labute approximate surface area is 148 Å². The number of anilines is 1. The van der Waals surface area contributed by atoms with E-state index in [-0.39, 0.29) is 12.2 Å². The first-order valence-corrected chi connectivity index (χ1v) is 9.20. The van der Waals surface area contributed by atoms with E-state index in [0.717, 1.165) is 37.2 Å². The maximum absolute atomic E-state index is 9.49. The number of ether oxygens (including phenoxy) is 1. The zero-order chi connectivity index (χ0) is 17.1. The standard InChI is InChI=1S/C20H25N3O2/c24-16-9-15(10-16)18-11-20(22-13-21-18)23-17-7-4-8-19(17)25-12-14-5-2-1-3-6-14/h1-3,5-6,11,13,15-17,19,24H,4,7-10,12H2,(H,21,22,23)/t15?,16?,17-,19-/m1/s1. The van der Waals surface area contributed by atoms with Gasteiger partial charge in [-0.2, -0.15) is 0 Å². The van der Waals surface area contributed by atoms with E-state index in [4.69, 9.17) is 4.74 Å². The number of aliphatic hydroxyl groups excluding tert-OH is 1. The SMILES string of the molecule is OC1CC(c2cc(N[C@@H]3CCC[C@H]3OCc3ccccc3)ncn2)C1. The molecule has 2 aliphatic carbocycles. The highest BCUT2D eigenvalue weighted by Gasteiger charge is 2.31. The smallest absolute Gasteiger partial charge is 0.129 e. The van der Waals surface area contributed by atoms with Crippen LogP contribution in [0.1, 0.15) is 49.3 Å². The van der Waals surface area contributed by atoms with Crippen LogP contribution in [-0.2, 0) is 11.3 Å². The van der Waals surface area contributed by atoms with Crippen LogP contribution < -0.4 is 5.32 Å². The fourth-order valence-electron chi connectivity index (χ4n) is 3.76. The van der Waals surface area contributed by atoms with Gasteiger partial charge in [-0.25, -0.2) is 9.97 Å². The van der Waals surface area contributed by atoms with Crippen LogP contribution in [0.4, 0.5) is 5.82 Å². The predicted octanol–water partition coefficient (Wildman–Crippen LogP) is 3.26. The van der Waals surface area contributed by atoms with Crippen molar-refractivity contribution in [1.29, 1.82) is 0 Å². The third-order valence-corrected chi connectivity index (χ3v) is 5.31. The van der Waals surface area contributed by atoms with Gasteiger partial charge in [0.2, 0.25) is 0 Å². The minimum atomic E-state index is -0.165. The lowest BCUT2D eigenvalue weighted by Crippen LogP contribution is -2.31. The van der Waals surface area contributed by atoms with Crippen molar-refractivity contribution in [2.45, 2.75) is 62.9 Å². The molecule has 2 aromatic rings. The lowest BCUT2D eigenvalue weighted by atomic mass is 9.80. The number of aromatic nitrogens is 2. The first-order valence-electron chi connectivity index (χ1n) is 9.20. The van der Waals surface area contributed by atoms with Gasteiger partial charge in [-0.1, -0.05) is 30.3 Å². The summed E-state index contributed by atoms with van der Waals surface area (Å²) < 4.78 is 6.16. The Morgan fingerprint density at radius 3 is 2.76 bits per heavy atom. The molecule has 132 valence electrons. The molecule has 1 aromatic carbocycles. The van der Waals surface area contributed by atoms with Crippen LogP contribution in [-0.4, -0.2) is 33.3 Å². The van der Waals surface area contributed by atoms with E-state index in [0.29, 0.717) is 18.6 Å². The number of hydrogen-bond donors (Lipinski definition) is 2. The van der Waals surface area contributed by atoms with Crippen molar-refractivity contribution in [3.8, 4) is 0 Å². The minimum absolute atomic E-state index is 0.165. The Balaban J connectivity index is 1.35. The molecule has 0 bridgehead atoms. The van der Waals surface area contributed by atoms with Gasteiger partial charge in [0, 0.05) is 17.7 Å². The number of hydrogen-bond acceptors (Lipinski definition) is 5. The Bertz CT molecular complexity index is 688. The summed E-state index contributed by atoms with van der Waals surface area (Å²) in [5.74, 6) is 1.24. The molecular weight excluding hydrogens is 314 g/mol. The highest BCUT2D eigenvalue weighted by atomic mass is 16.5. The van der Waals surface area contributed by atoms with Gasteiger partial charge < -0.3 is 15.2 Å². The lowest BCUT2D eigenvalue weighted by Gasteiger charge is -2.31. The van der Waals surface area contributed by atoms with E-state index < -0.39 is 0 Å². The van der Waals surface area contributed by atoms with Crippen molar-refractivity contribution in [2.75, 3.05) is 5.32 Å². The number of rotatable bonds is 6. The second-order valence-electron chi connectivity index (χ2n) is 7.17. The maximum atomic E-state index is 9.49. The molecule has 0 unspecified atom stereocenters. The number of nitrogens with one attached hydrogen (secondary N) is 1. The zero-order valence-electron chi connectivity index (χ0n) is 14.3. The molecule has 25 heavy (non-hydrogen) atoms. The van der Waals surface area contributed by atoms with Gasteiger partial charge in [-0.05, 0) is 37.7 Å². The molecule has 1 heterocycles. The Kier molecular flexibility index (Phi) is 4.95. The Morgan fingerprint density at radius 2 is 1.96 bits per heavy atom. The molecule has 0 amide bonds. The van der Waals surface area contributed by atoms with Crippen molar-refractivity contribution in [2.24, 2.45) is 0 Å². The number of nitrogens with zero attached hydrogens (tertiary/aromatic N) is 2. The molecule has 1 aromatic heterocycles. The fourth-order valence-corrected chi connectivity index (χ4v) is 3.76. The average Bonchev–Trinajstić information content (AvgIpc) is 3.05. The molecule has 0 radical (unpaired) electrons. The molecular formula is C20H25N3O2. The molecule has 5 heteroatoms. The van der Waals surface area contributed by atoms with Gasteiger partial charge in [0.05, 0.1) is 24.9 Å². The highest BCUT2D eigenvalue weighted by Crippen LogP contribution is 2.36. The molecule has 0 saturated heterocycles. The van der Waals surface area contributed by atoms with Crippen LogP contribution in [0, 0.1) is 0 Å². The number of benzene rings is 1. The summed E-state index contributed by atoms with van der Waals surface area (Å²) >= 11 is 0. The average molecular weight is 339 g/mol. The highest BCUT2D eigenvalue weighted by molar-refractivity contribution is 5.38. The normalized spacial score (nSPS) is 28.5. The van der Waals surface area contributed by atoms with Gasteiger partial charge in [0.1, 0.15) is 12.1 Å². The minimum Gasteiger partial charge on any atom is -0.393 e. The molecule has 0 aliphatic heterocycles. The third kappa shape index (κ3) is 3.99. The van der Waals surface area contributed by atoms with Crippen LogP contribution in [0.2, 0.25) is 0 Å². The first kappa shape index (κ1) is 16.5. The first-order chi connectivity index (χ1) is 12.3. The molecule has 2 N–H and O–H groups in total. The summed E-state index contributed by atoms with van der Waals surface area (Å²) in [5.41, 5.74) is 2.24. The molecule has 0 spiro atoms. The van der Waals surface area contributed by atoms with Crippen molar-refractivity contribution < 1.29 is 9.84 Å². The summed E-state index contributed by atoms with van der Waals surface area (Å²) in [7, 11) is 0. The van der Waals surface area contributed by atoms with Gasteiger partial charge >= 0.3 is 0 Å². The second kappa shape index (κ2) is 7.50. The van der Waals surface area contributed by atoms with Crippen molar-refractivity contribution in [1.82, 2.24) is 9.97 Å². The summed E-state index contributed by atoms with van der Waals surface area (Å²) in [6.07, 6.45) is 6.64. The fraction of sp³-hybridized carbons (Fsp3) is 0.500. The maximum Gasteiger partial charge on any atom is 0.129 e. The molecule has 4 rings (SSSR count). The van der Waals surface area contributed by atoms with Gasteiger partial charge in [0.15, 0.2) is 0 Å². The quantitative estimate of drug-likeness (QED) is 0.845. The van der Waals surface area contributed by atoms with Crippen molar-refractivity contribution in [3.05, 3.63) is 54.0 Å². The van der Waals surface area contributed by atoms with Gasteiger partial charge in [0.25, 0.3) is 0 Å². The van der Waals surface area contributed by atoms with Crippen LogP contribution in [0.15, 0.2) is 42.7 Å². The van der Waals surface area contributed by atoms with Crippen molar-refractivity contribution in [3.63, 3.8) is 0 Å². The predicted molar refractivity (Wildman–Crippen MR) is 96.3 cm³/mol. The summed E-state index contributed by atoms with van der Waals surface area (Å²) in [4.78, 5) is 8.75. The van der Waals surface area contributed by atoms with E-state index in [1.54, 1.807) is 6.33 Å². The molecule has 2 fully saturated rings. The van der Waals surface area contributed by atoms with Crippen LogP contribution >= 0.6 is 0 Å².